The number of piperidine rings is 1. The predicted octanol–water partition coefficient (Wildman–Crippen LogP) is 3.91. The first kappa shape index (κ1) is 21.3. The Morgan fingerprint density at radius 1 is 1.19 bits per heavy atom. The Bertz CT molecular complexity index is 561. The highest BCUT2D eigenvalue weighted by molar-refractivity contribution is 5.85. The van der Waals surface area contributed by atoms with Crippen molar-refractivity contribution in [1.29, 1.82) is 0 Å². The summed E-state index contributed by atoms with van der Waals surface area (Å²) < 4.78 is 10.8. The normalized spacial score (nSPS) is 26.3. The van der Waals surface area contributed by atoms with E-state index in [1.165, 1.54) is 63.8 Å². The molecule has 0 aliphatic carbocycles. The van der Waals surface area contributed by atoms with E-state index in [2.05, 4.69) is 29.3 Å². The van der Waals surface area contributed by atoms with Crippen LogP contribution in [0.25, 0.3) is 0 Å². The number of aryl methyl sites for hydroxylation is 1. The van der Waals surface area contributed by atoms with Crippen LogP contribution in [0.3, 0.4) is 0 Å². The SMILES string of the molecule is COc1ccc(CCC2CCCCN2CC2(C)CCNC2)cc1OC.Cl. The molecule has 0 spiro atoms. The van der Waals surface area contributed by atoms with Gasteiger partial charge >= 0.3 is 0 Å². The fourth-order valence-electron chi connectivity index (χ4n) is 4.46. The fraction of sp³-hybridized carbons (Fsp3) is 0.714. The molecular weight excluding hydrogens is 348 g/mol. The zero-order chi connectivity index (χ0) is 17.7. The molecule has 1 aromatic carbocycles. The number of nitrogens with zero attached hydrogens (tertiary/aromatic N) is 1. The van der Waals surface area contributed by atoms with E-state index in [1.54, 1.807) is 14.2 Å². The molecule has 2 fully saturated rings. The van der Waals surface area contributed by atoms with Gasteiger partial charge in [0.15, 0.2) is 11.5 Å². The number of rotatable bonds is 7. The zero-order valence-electron chi connectivity index (χ0n) is 16.6. The lowest BCUT2D eigenvalue weighted by atomic mass is 9.86. The van der Waals surface area contributed by atoms with Crippen molar-refractivity contribution in [3.05, 3.63) is 23.8 Å². The average molecular weight is 383 g/mol. The molecule has 1 N–H and O–H groups in total. The molecule has 2 aliphatic heterocycles. The molecule has 2 unspecified atom stereocenters. The largest absolute Gasteiger partial charge is 0.493 e. The van der Waals surface area contributed by atoms with Crippen LogP contribution in [0.2, 0.25) is 0 Å². The molecule has 1 aromatic rings. The molecule has 4 nitrogen and oxygen atoms in total. The first-order valence-electron chi connectivity index (χ1n) is 9.79. The van der Waals surface area contributed by atoms with Gasteiger partial charge in [0.05, 0.1) is 14.2 Å². The number of halogens is 1. The van der Waals surface area contributed by atoms with Crippen LogP contribution in [0, 0.1) is 5.41 Å². The molecule has 2 heterocycles. The molecular formula is C21H35ClN2O2. The van der Waals surface area contributed by atoms with Gasteiger partial charge in [-0.25, -0.2) is 0 Å². The average Bonchev–Trinajstić information content (AvgIpc) is 3.06. The molecule has 0 radical (unpaired) electrons. The highest BCUT2D eigenvalue weighted by Crippen LogP contribution is 2.32. The second-order valence-corrected chi connectivity index (χ2v) is 8.09. The summed E-state index contributed by atoms with van der Waals surface area (Å²) in [6.45, 7) is 7.32. The van der Waals surface area contributed by atoms with Crippen LogP contribution < -0.4 is 14.8 Å². The number of hydrogen-bond donors (Lipinski definition) is 1. The molecule has 2 saturated heterocycles. The van der Waals surface area contributed by atoms with Crippen LogP contribution in [0.5, 0.6) is 11.5 Å². The highest BCUT2D eigenvalue weighted by atomic mass is 35.5. The van der Waals surface area contributed by atoms with Crippen molar-refractivity contribution < 1.29 is 9.47 Å². The topological polar surface area (TPSA) is 33.7 Å². The van der Waals surface area contributed by atoms with E-state index in [4.69, 9.17) is 9.47 Å². The van der Waals surface area contributed by atoms with Gasteiger partial charge in [-0.3, -0.25) is 4.90 Å². The Morgan fingerprint density at radius 2 is 2.00 bits per heavy atom. The first-order chi connectivity index (χ1) is 12.1. The number of methoxy groups -OCH3 is 2. The van der Waals surface area contributed by atoms with E-state index in [0.717, 1.165) is 24.0 Å². The molecule has 0 amide bonds. The summed E-state index contributed by atoms with van der Waals surface area (Å²) in [6.07, 6.45) is 7.73. The monoisotopic (exact) mass is 382 g/mol. The Kier molecular flexibility index (Phi) is 8.05. The molecule has 148 valence electrons. The maximum atomic E-state index is 5.45. The van der Waals surface area contributed by atoms with Gasteiger partial charge in [-0.05, 0) is 68.3 Å². The fourth-order valence-corrected chi connectivity index (χ4v) is 4.46. The van der Waals surface area contributed by atoms with Crippen molar-refractivity contribution >= 4 is 12.4 Å². The van der Waals surface area contributed by atoms with Crippen LogP contribution in [-0.4, -0.2) is 51.3 Å². The standard InChI is InChI=1S/C21H34N2O2.ClH/c1-21(11-12-22-15-21)16-23-13-5-4-6-18(23)9-7-17-8-10-19(24-2)20(14-17)25-3;/h8,10,14,18,22H,4-7,9,11-13,15-16H2,1-3H3;1H. The van der Waals surface area contributed by atoms with Gasteiger partial charge in [-0.2, -0.15) is 0 Å². The van der Waals surface area contributed by atoms with E-state index in [1.807, 2.05) is 6.07 Å². The van der Waals surface area contributed by atoms with Gasteiger partial charge in [0.1, 0.15) is 0 Å². The molecule has 26 heavy (non-hydrogen) atoms. The van der Waals surface area contributed by atoms with Crippen LogP contribution >= 0.6 is 12.4 Å². The molecule has 0 saturated carbocycles. The number of likely N-dealkylation sites (tertiary alicyclic amines) is 1. The summed E-state index contributed by atoms with van der Waals surface area (Å²) in [7, 11) is 3.40. The second kappa shape index (κ2) is 9.82. The highest BCUT2D eigenvalue weighted by Gasteiger charge is 2.33. The summed E-state index contributed by atoms with van der Waals surface area (Å²) >= 11 is 0. The maximum absolute atomic E-state index is 5.45. The van der Waals surface area contributed by atoms with Gasteiger partial charge < -0.3 is 14.8 Å². The van der Waals surface area contributed by atoms with E-state index in [0.29, 0.717) is 5.41 Å². The van der Waals surface area contributed by atoms with E-state index >= 15 is 0 Å². The van der Waals surface area contributed by atoms with Crippen LogP contribution in [-0.2, 0) is 6.42 Å². The van der Waals surface area contributed by atoms with Crippen molar-refractivity contribution in [2.45, 2.75) is 51.5 Å². The lowest BCUT2D eigenvalue weighted by molar-refractivity contribution is 0.0911. The smallest absolute Gasteiger partial charge is 0.160 e. The van der Waals surface area contributed by atoms with Crippen molar-refractivity contribution in [3.8, 4) is 11.5 Å². The van der Waals surface area contributed by atoms with Crippen LogP contribution in [0.4, 0.5) is 0 Å². The van der Waals surface area contributed by atoms with Crippen molar-refractivity contribution in [3.63, 3.8) is 0 Å². The van der Waals surface area contributed by atoms with Crippen molar-refractivity contribution in [1.82, 2.24) is 10.2 Å². The Morgan fingerprint density at radius 3 is 2.69 bits per heavy atom. The molecule has 2 atom stereocenters. The minimum Gasteiger partial charge on any atom is -0.493 e. The second-order valence-electron chi connectivity index (χ2n) is 8.09. The zero-order valence-corrected chi connectivity index (χ0v) is 17.4. The third kappa shape index (κ3) is 5.28. The summed E-state index contributed by atoms with van der Waals surface area (Å²) in [4.78, 5) is 2.78. The number of nitrogens with one attached hydrogen (secondary N) is 1. The molecule has 0 bridgehead atoms. The summed E-state index contributed by atoms with van der Waals surface area (Å²) in [5.74, 6) is 1.65. The predicted molar refractivity (Wildman–Crippen MR) is 110 cm³/mol. The molecule has 2 aliphatic rings. The number of benzene rings is 1. The Labute approximate surface area is 165 Å². The number of hydrogen-bond acceptors (Lipinski definition) is 4. The van der Waals surface area contributed by atoms with Gasteiger partial charge in [-0.15, -0.1) is 12.4 Å². The van der Waals surface area contributed by atoms with E-state index in [9.17, 15) is 0 Å². The van der Waals surface area contributed by atoms with E-state index < -0.39 is 0 Å². The third-order valence-corrected chi connectivity index (χ3v) is 6.01. The lowest BCUT2D eigenvalue weighted by Crippen LogP contribution is -2.46. The summed E-state index contributed by atoms with van der Waals surface area (Å²) in [5, 5.41) is 3.55. The maximum Gasteiger partial charge on any atom is 0.160 e. The van der Waals surface area contributed by atoms with Crippen molar-refractivity contribution in [2.75, 3.05) is 40.4 Å². The third-order valence-electron chi connectivity index (χ3n) is 6.01. The van der Waals surface area contributed by atoms with Crippen molar-refractivity contribution in [2.24, 2.45) is 5.41 Å². The summed E-state index contributed by atoms with van der Waals surface area (Å²) in [5.41, 5.74) is 1.80. The van der Waals surface area contributed by atoms with Gasteiger partial charge in [0, 0.05) is 19.1 Å². The lowest BCUT2D eigenvalue weighted by Gasteiger charge is -2.40. The number of ether oxygens (including phenoxy) is 2. The van der Waals surface area contributed by atoms with Gasteiger partial charge in [0.25, 0.3) is 0 Å². The first-order valence-corrected chi connectivity index (χ1v) is 9.79. The minimum atomic E-state index is 0. The minimum absolute atomic E-state index is 0. The quantitative estimate of drug-likeness (QED) is 0.775. The molecule has 3 rings (SSSR count). The Balaban J connectivity index is 0.00000243. The van der Waals surface area contributed by atoms with Gasteiger partial charge in [0.2, 0.25) is 0 Å². The van der Waals surface area contributed by atoms with Crippen LogP contribution in [0.15, 0.2) is 18.2 Å². The Hall–Kier alpha value is -0.970. The van der Waals surface area contributed by atoms with Crippen LogP contribution in [0.1, 0.15) is 44.6 Å². The molecule has 5 heteroatoms. The van der Waals surface area contributed by atoms with E-state index in [-0.39, 0.29) is 12.4 Å². The van der Waals surface area contributed by atoms with Gasteiger partial charge in [-0.1, -0.05) is 19.4 Å². The molecule has 0 aromatic heterocycles. The summed E-state index contributed by atoms with van der Waals surface area (Å²) in [6, 6.07) is 7.06.